The van der Waals surface area contributed by atoms with Crippen molar-refractivity contribution < 1.29 is 0 Å². The summed E-state index contributed by atoms with van der Waals surface area (Å²) in [6.07, 6.45) is 4.39. The topological polar surface area (TPSA) is 24.7 Å². The summed E-state index contributed by atoms with van der Waals surface area (Å²) < 4.78 is 0. The van der Waals surface area contributed by atoms with Gasteiger partial charge in [0.2, 0.25) is 0 Å². The van der Waals surface area contributed by atoms with E-state index < -0.39 is 0 Å². The number of nitrogens with zero attached hydrogens (tertiary/aromatic N) is 2. The largest absolute Gasteiger partial charge is 0.246 e. The Kier molecular flexibility index (Phi) is 5.76. The van der Waals surface area contributed by atoms with Crippen LogP contribution in [0, 0.1) is 0 Å². The molecule has 0 radical (unpaired) electrons. The highest BCUT2D eigenvalue weighted by Crippen LogP contribution is 2.44. The molecule has 2 aliphatic rings. The van der Waals surface area contributed by atoms with Crippen molar-refractivity contribution >= 4 is 46.3 Å². The first-order chi connectivity index (χ1) is 16.8. The molecule has 2 heterocycles. The molecule has 0 atom stereocenters. The van der Waals surface area contributed by atoms with Crippen molar-refractivity contribution in [1.82, 2.24) is 0 Å². The Bertz CT molecular complexity index is 1370. The minimum atomic E-state index is 1.00. The van der Waals surface area contributed by atoms with Gasteiger partial charge in [0.15, 0.2) is 0 Å². The maximum absolute atomic E-state index is 5.04. The number of rotatable bonds is 3. The van der Waals surface area contributed by atoms with Gasteiger partial charge >= 0.3 is 0 Å². The number of aliphatic imine (C=N–C) groups is 2. The van der Waals surface area contributed by atoms with Gasteiger partial charge in [-0.05, 0) is 36.4 Å². The molecule has 0 spiro atoms. The van der Waals surface area contributed by atoms with Crippen LogP contribution in [0.25, 0.3) is 0 Å². The van der Waals surface area contributed by atoms with Crippen LogP contribution in [0.2, 0.25) is 0 Å². The quantitative estimate of drug-likeness (QED) is 0.298. The molecule has 2 nitrogen and oxygen atoms in total. The maximum Gasteiger partial charge on any atom is 0.0849 e. The molecule has 0 aliphatic carbocycles. The van der Waals surface area contributed by atoms with E-state index in [-0.39, 0.29) is 0 Å². The molecule has 4 aromatic rings. The van der Waals surface area contributed by atoms with Crippen molar-refractivity contribution in [1.29, 1.82) is 0 Å². The molecule has 0 aromatic heterocycles. The first-order valence-electron chi connectivity index (χ1n) is 11.1. The van der Waals surface area contributed by atoms with Crippen molar-refractivity contribution in [3.05, 3.63) is 142 Å². The van der Waals surface area contributed by atoms with E-state index in [4.69, 9.17) is 9.98 Å². The Morgan fingerprint density at radius 3 is 1.26 bits per heavy atom. The van der Waals surface area contributed by atoms with Gasteiger partial charge in [0, 0.05) is 30.7 Å². The summed E-state index contributed by atoms with van der Waals surface area (Å²) in [4.78, 5) is 14.7. The molecular weight excluding hydrogens is 452 g/mol. The van der Waals surface area contributed by atoms with Crippen LogP contribution >= 0.6 is 23.5 Å². The highest BCUT2D eigenvalue weighted by atomic mass is 32.2. The third kappa shape index (κ3) is 4.18. The Morgan fingerprint density at radius 1 is 0.441 bits per heavy atom. The molecule has 0 unspecified atom stereocenters. The van der Waals surface area contributed by atoms with Gasteiger partial charge in [-0.1, -0.05) is 108 Å². The van der Waals surface area contributed by atoms with Crippen LogP contribution in [0.3, 0.4) is 0 Å². The third-order valence-corrected chi connectivity index (χ3v) is 7.81. The van der Waals surface area contributed by atoms with E-state index in [9.17, 15) is 0 Å². The molecule has 0 saturated carbocycles. The summed E-state index contributed by atoms with van der Waals surface area (Å²) in [7, 11) is 0. The Labute approximate surface area is 207 Å². The van der Waals surface area contributed by atoms with E-state index in [2.05, 4.69) is 97.1 Å². The van der Waals surface area contributed by atoms with Crippen LogP contribution in [0.4, 0.5) is 11.4 Å². The minimum absolute atomic E-state index is 1.00. The number of hydrogen-bond donors (Lipinski definition) is 0. The molecule has 0 saturated heterocycles. The number of allylic oxidation sites excluding steroid dienone is 4. The molecule has 162 valence electrons. The molecule has 2 aliphatic heterocycles. The van der Waals surface area contributed by atoms with E-state index in [1.807, 2.05) is 24.3 Å². The fraction of sp³-hybridized carbons (Fsp3) is 0. The number of fused-ring (bicyclic) bond motifs is 2. The molecule has 0 N–H and O–H groups in total. The van der Waals surface area contributed by atoms with Crippen molar-refractivity contribution in [3.8, 4) is 0 Å². The summed E-state index contributed by atoms with van der Waals surface area (Å²) in [5.74, 6) is 0. The number of benzene rings is 4. The smallest absolute Gasteiger partial charge is 0.0849 e. The van der Waals surface area contributed by atoms with Gasteiger partial charge < -0.3 is 0 Å². The fourth-order valence-corrected chi connectivity index (χ4v) is 5.94. The zero-order valence-electron chi connectivity index (χ0n) is 18.3. The average Bonchev–Trinajstić information content (AvgIpc) is 2.92. The molecule has 0 fully saturated rings. The first-order valence-corrected chi connectivity index (χ1v) is 12.7. The summed E-state index contributed by atoms with van der Waals surface area (Å²) in [5.41, 5.74) is 6.27. The van der Waals surface area contributed by atoms with Crippen molar-refractivity contribution in [3.63, 3.8) is 0 Å². The lowest BCUT2D eigenvalue weighted by Gasteiger charge is -2.20. The molecule has 0 amide bonds. The molecule has 4 aromatic carbocycles. The lowest BCUT2D eigenvalue weighted by Crippen LogP contribution is -2.07. The van der Waals surface area contributed by atoms with E-state index in [1.165, 1.54) is 9.79 Å². The summed E-state index contributed by atoms with van der Waals surface area (Å²) in [5, 5.41) is 0. The summed E-state index contributed by atoms with van der Waals surface area (Å²) in [6.45, 7) is 0. The van der Waals surface area contributed by atoms with Gasteiger partial charge in [-0.2, -0.15) is 0 Å². The maximum atomic E-state index is 5.04. The molecule has 0 bridgehead atoms. The lowest BCUT2D eigenvalue weighted by molar-refractivity contribution is 1.35. The van der Waals surface area contributed by atoms with Crippen LogP contribution in [0.5, 0.6) is 0 Å². The second-order valence-corrected chi connectivity index (χ2v) is 10.0. The SMILES string of the molecule is C(C=C1Sc2ccccc2N=C1c1ccccc1)=C1Sc2ccccc2N=C1c1ccccc1. The van der Waals surface area contributed by atoms with Crippen LogP contribution in [-0.2, 0) is 0 Å². The Morgan fingerprint density at radius 2 is 0.824 bits per heavy atom. The van der Waals surface area contributed by atoms with Gasteiger partial charge in [0.25, 0.3) is 0 Å². The summed E-state index contributed by atoms with van der Waals surface area (Å²) >= 11 is 3.54. The number of hydrogen-bond acceptors (Lipinski definition) is 4. The minimum Gasteiger partial charge on any atom is -0.246 e. The van der Waals surface area contributed by atoms with E-state index in [0.29, 0.717) is 0 Å². The monoisotopic (exact) mass is 472 g/mol. The second kappa shape index (κ2) is 9.34. The highest BCUT2D eigenvalue weighted by molar-refractivity contribution is 8.04. The molecular formula is C30H20N2S2. The average molecular weight is 473 g/mol. The van der Waals surface area contributed by atoms with Gasteiger partial charge in [0.1, 0.15) is 0 Å². The second-order valence-electron chi connectivity index (χ2n) is 7.85. The fourth-order valence-electron chi connectivity index (χ4n) is 3.94. The van der Waals surface area contributed by atoms with Crippen LogP contribution in [-0.4, -0.2) is 11.4 Å². The zero-order valence-corrected chi connectivity index (χ0v) is 19.9. The van der Waals surface area contributed by atoms with Gasteiger partial charge in [-0.15, -0.1) is 0 Å². The number of thioether (sulfide) groups is 2. The molecule has 4 heteroatoms. The van der Waals surface area contributed by atoms with E-state index >= 15 is 0 Å². The van der Waals surface area contributed by atoms with Crippen molar-refractivity contribution in [2.24, 2.45) is 9.98 Å². The van der Waals surface area contributed by atoms with E-state index in [1.54, 1.807) is 23.5 Å². The van der Waals surface area contributed by atoms with Crippen LogP contribution in [0.1, 0.15) is 11.1 Å². The number of para-hydroxylation sites is 2. The van der Waals surface area contributed by atoms with Gasteiger partial charge in [0.05, 0.1) is 22.8 Å². The van der Waals surface area contributed by atoms with E-state index in [0.717, 1.165) is 43.7 Å². The summed E-state index contributed by atoms with van der Waals surface area (Å²) in [6, 6.07) is 37.5. The van der Waals surface area contributed by atoms with Gasteiger partial charge in [-0.25, -0.2) is 9.98 Å². The predicted octanol–water partition coefficient (Wildman–Crippen LogP) is 8.61. The zero-order chi connectivity index (χ0) is 22.7. The van der Waals surface area contributed by atoms with Crippen LogP contribution in [0.15, 0.2) is 151 Å². The normalized spacial score (nSPS) is 17.1. The van der Waals surface area contributed by atoms with Crippen LogP contribution < -0.4 is 0 Å². The lowest BCUT2D eigenvalue weighted by atomic mass is 10.1. The first kappa shape index (κ1) is 21.0. The standard InChI is InChI=1S/C30H20N2S2/c1-3-11-21(12-4-1)29-27(33-25-17-9-7-15-23(25)31-29)19-20-28-30(22-13-5-2-6-14-22)32-24-16-8-10-18-26(24)34-28/h1-20H. The van der Waals surface area contributed by atoms with Crippen molar-refractivity contribution in [2.75, 3.05) is 0 Å². The highest BCUT2D eigenvalue weighted by Gasteiger charge is 2.21. The predicted molar refractivity (Wildman–Crippen MR) is 146 cm³/mol. The molecule has 34 heavy (non-hydrogen) atoms. The molecule has 6 rings (SSSR count). The Hall–Kier alpha value is -3.60. The Balaban J connectivity index is 1.46. The van der Waals surface area contributed by atoms with Gasteiger partial charge in [-0.3, -0.25) is 0 Å². The third-order valence-electron chi connectivity index (χ3n) is 5.58. The van der Waals surface area contributed by atoms with Crippen molar-refractivity contribution in [2.45, 2.75) is 9.79 Å².